The fraction of sp³-hybridized carbons (Fsp3) is 0.608. The third-order valence-corrected chi connectivity index (χ3v) is 15.4. The van der Waals surface area contributed by atoms with Gasteiger partial charge in [-0.25, -0.2) is 22.5 Å². The van der Waals surface area contributed by atoms with Crippen LogP contribution in [0.2, 0.25) is 0 Å². The normalized spacial score (nSPS) is 16.7. The molecule has 0 spiro atoms. The molecule has 4 N–H and O–H groups in total. The van der Waals surface area contributed by atoms with Crippen LogP contribution in [0.5, 0.6) is 0 Å². The van der Waals surface area contributed by atoms with E-state index >= 15 is 0 Å². The first kappa shape index (κ1) is 56.6. The summed E-state index contributed by atoms with van der Waals surface area (Å²) >= 11 is 1.13. The zero-order valence-electron chi connectivity index (χ0n) is 42.2. The average molecular weight is 998 g/mol. The van der Waals surface area contributed by atoms with Crippen LogP contribution in [-0.2, 0) is 40.4 Å². The highest BCUT2D eigenvalue weighted by molar-refractivity contribution is 7.90. The van der Waals surface area contributed by atoms with E-state index < -0.39 is 63.3 Å². The number of halogens is 1. The van der Waals surface area contributed by atoms with Crippen LogP contribution in [0, 0.1) is 23.1 Å². The van der Waals surface area contributed by atoms with Gasteiger partial charge in [0.25, 0.3) is 15.9 Å². The number of hydrogen-bond donors (Lipinski definition) is 4. The van der Waals surface area contributed by atoms with Crippen molar-refractivity contribution in [1.82, 2.24) is 30.1 Å². The second-order valence-corrected chi connectivity index (χ2v) is 22.0. The van der Waals surface area contributed by atoms with E-state index in [2.05, 4.69) is 32.5 Å². The van der Waals surface area contributed by atoms with Crippen LogP contribution in [0.3, 0.4) is 0 Å². The number of hydrogen-bond acceptors (Lipinski definition) is 12. The Kier molecular flexibility index (Phi) is 21.6. The number of thiazole rings is 1. The van der Waals surface area contributed by atoms with E-state index in [0.29, 0.717) is 29.2 Å². The van der Waals surface area contributed by atoms with Gasteiger partial charge < -0.3 is 25.6 Å². The number of anilines is 1. The maximum absolute atomic E-state index is 15.0. The second-order valence-electron chi connectivity index (χ2n) is 19.5. The largest absolute Gasteiger partial charge is 0.455 e. The highest BCUT2D eigenvalue weighted by Crippen LogP contribution is 2.33. The topological polar surface area (TPSA) is 196 Å². The van der Waals surface area contributed by atoms with Gasteiger partial charge >= 0.3 is 5.97 Å². The molecule has 1 saturated heterocycles. The Morgan fingerprint density at radius 3 is 2.25 bits per heavy atom. The van der Waals surface area contributed by atoms with Crippen molar-refractivity contribution in [3.63, 3.8) is 0 Å². The molecule has 15 nitrogen and oxygen atoms in total. The number of carbonyl (C=O) groups excluding carboxylic acids is 5. The van der Waals surface area contributed by atoms with Gasteiger partial charge in [-0.2, -0.15) is 0 Å². The Morgan fingerprint density at radius 1 is 0.971 bits per heavy atom. The van der Waals surface area contributed by atoms with Gasteiger partial charge in [-0.3, -0.25) is 28.9 Å². The standard InChI is InChI=1S/C51H76FN7O8S2/c1-11-13-14-16-28-59(49(63)45(34(5)12-2)56-47(62)42-18-15-17-27-58(42)10)43(33(3)4)30-44(67-35(6)60)48-55-41(32-68-48)46(61)54-39(29-36-19-21-37(52)22-20-36)31-51(7,8)50(64)57-69(65,66)40-25-23-38(53-9)24-26-40/h19-26,32-34,39,42-45,53H,11-18,27-31H2,1-10H3,(H,54,61)(H,56,62)(H,57,64)/t34-,39-,42+,43+,44+,45-/m0/s1. The van der Waals surface area contributed by atoms with Crippen molar-refractivity contribution in [3.8, 4) is 0 Å². The third-order valence-electron chi connectivity index (χ3n) is 13.1. The predicted molar refractivity (Wildman–Crippen MR) is 268 cm³/mol. The van der Waals surface area contributed by atoms with E-state index in [4.69, 9.17) is 9.72 Å². The number of likely N-dealkylation sites (tertiary alicyclic amines) is 1. The van der Waals surface area contributed by atoms with Gasteiger partial charge in [0.15, 0.2) is 6.10 Å². The zero-order chi connectivity index (χ0) is 51.1. The molecule has 0 bridgehead atoms. The molecule has 0 unspecified atom stereocenters. The second kappa shape index (κ2) is 26.3. The van der Waals surface area contributed by atoms with Crippen LogP contribution < -0.4 is 20.7 Å². The number of piperidine rings is 1. The molecule has 0 saturated carbocycles. The van der Waals surface area contributed by atoms with Crippen LogP contribution in [0.15, 0.2) is 58.8 Å². The van der Waals surface area contributed by atoms with Crippen LogP contribution in [-0.4, -0.2) is 104 Å². The number of benzene rings is 2. The fourth-order valence-electron chi connectivity index (χ4n) is 8.75. The Balaban J connectivity index is 1.62. The summed E-state index contributed by atoms with van der Waals surface area (Å²) in [6.45, 7) is 15.8. The van der Waals surface area contributed by atoms with Gasteiger partial charge in [0.1, 0.15) is 22.6 Å². The molecule has 1 aliphatic rings. The Hall–Kier alpha value is -4.94. The maximum atomic E-state index is 15.0. The number of sulfonamides is 1. The van der Waals surface area contributed by atoms with E-state index in [-0.39, 0.29) is 59.5 Å². The molecule has 6 atom stereocenters. The van der Waals surface area contributed by atoms with Crippen molar-refractivity contribution in [2.75, 3.05) is 32.5 Å². The first-order chi connectivity index (χ1) is 32.6. The van der Waals surface area contributed by atoms with Crippen molar-refractivity contribution in [2.45, 2.75) is 161 Å². The Bertz CT molecular complexity index is 2270. The minimum absolute atomic E-state index is 0.0170. The van der Waals surface area contributed by atoms with Crippen LogP contribution in [0.1, 0.15) is 147 Å². The Labute approximate surface area is 413 Å². The van der Waals surface area contributed by atoms with E-state index in [1.807, 2.05) is 39.6 Å². The number of nitrogens with one attached hydrogen (secondary N) is 4. The number of ether oxygens (including phenoxy) is 1. The molecule has 1 aromatic heterocycles. The minimum Gasteiger partial charge on any atom is -0.455 e. The van der Waals surface area contributed by atoms with Gasteiger partial charge in [-0.15, -0.1) is 11.3 Å². The molecule has 4 amide bonds. The monoisotopic (exact) mass is 998 g/mol. The molecule has 69 heavy (non-hydrogen) atoms. The van der Waals surface area contributed by atoms with Gasteiger partial charge in [-0.1, -0.05) is 92.7 Å². The number of carbonyl (C=O) groups is 5. The van der Waals surface area contributed by atoms with E-state index in [1.165, 1.54) is 31.2 Å². The summed E-state index contributed by atoms with van der Waals surface area (Å²) in [4.78, 5) is 77.9. The summed E-state index contributed by atoms with van der Waals surface area (Å²) in [5.41, 5.74) is 0.0379. The number of rotatable bonds is 26. The molecule has 382 valence electrons. The zero-order valence-corrected chi connectivity index (χ0v) is 43.9. The molecular weight excluding hydrogens is 922 g/mol. The highest BCUT2D eigenvalue weighted by Gasteiger charge is 2.39. The van der Waals surface area contributed by atoms with Crippen molar-refractivity contribution in [1.29, 1.82) is 0 Å². The van der Waals surface area contributed by atoms with Gasteiger partial charge in [-0.05, 0) is 99.5 Å². The van der Waals surface area contributed by atoms with Crippen LogP contribution >= 0.6 is 11.3 Å². The summed E-state index contributed by atoms with van der Waals surface area (Å²) < 4.78 is 48.6. The van der Waals surface area contributed by atoms with Crippen LogP contribution in [0.25, 0.3) is 0 Å². The van der Waals surface area contributed by atoms with Crippen molar-refractivity contribution in [2.24, 2.45) is 17.3 Å². The smallest absolute Gasteiger partial charge is 0.303 e. The summed E-state index contributed by atoms with van der Waals surface area (Å²) in [6.07, 6.45) is 6.40. The van der Waals surface area contributed by atoms with Gasteiger partial charge in [0.2, 0.25) is 17.7 Å². The lowest BCUT2D eigenvalue weighted by molar-refractivity contribution is -0.149. The van der Waals surface area contributed by atoms with Crippen LogP contribution in [0.4, 0.5) is 10.1 Å². The molecule has 0 aliphatic carbocycles. The SMILES string of the molecule is CCCCCCN(C(=O)[C@@H](NC(=O)[C@H]1CCCCN1C)[C@@H](C)CC)[C@H](C[C@@H](OC(C)=O)c1nc(C(=O)N[C@@H](Cc2ccc(F)cc2)CC(C)(C)C(=O)NS(=O)(=O)c2ccc(NC)cc2)cs1)C(C)C. The summed E-state index contributed by atoms with van der Waals surface area (Å²) in [7, 11) is -0.598. The number of unbranched alkanes of at least 4 members (excludes halogenated alkanes) is 3. The summed E-state index contributed by atoms with van der Waals surface area (Å²) in [6, 6.07) is 9.36. The molecule has 3 aromatic rings. The Morgan fingerprint density at radius 2 is 1.65 bits per heavy atom. The number of likely N-dealkylation sites (N-methyl/N-ethyl adjacent to an activating group) is 1. The summed E-state index contributed by atoms with van der Waals surface area (Å²) in [5, 5.41) is 11.0. The van der Waals surface area contributed by atoms with Crippen molar-refractivity contribution < 1.29 is 41.5 Å². The molecule has 0 radical (unpaired) electrons. The maximum Gasteiger partial charge on any atom is 0.303 e. The molecular formula is C51H76FN7O8S2. The lowest BCUT2D eigenvalue weighted by Gasteiger charge is -2.40. The molecule has 4 rings (SSSR count). The quantitative estimate of drug-likeness (QED) is 0.0449. The molecule has 2 heterocycles. The first-order valence-corrected chi connectivity index (χ1v) is 26.8. The number of nitrogens with zero attached hydrogens (tertiary/aromatic N) is 3. The van der Waals surface area contributed by atoms with Gasteiger partial charge in [0.05, 0.1) is 10.9 Å². The fourth-order valence-corrected chi connectivity index (χ4v) is 10.7. The highest BCUT2D eigenvalue weighted by atomic mass is 32.2. The first-order valence-electron chi connectivity index (χ1n) is 24.4. The lowest BCUT2D eigenvalue weighted by atomic mass is 9.83. The average Bonchev–Trinajstić information content (AvgIpc) is 3.81. The van der Waals surface area contributed by atoms with Gasteiger partial charge in [0, 0.05) is 55.5 Å². The minimum atomic E-state index is -4.24. The van der Waals surface area contributed by atoms with E-state index in [1.54, 1.807) is 50.5 Å². The number of esters is 1. The molecule has 1 aliphatic heterocycles. The number of aromatic nitrogens is 1. The van der Waals surface area contributed by atoms with Crippen molar-refractivity contribution in [3.05, 3.63) is 76.0 Å². The van der Waals surface area contributed by atoms with E-state index in [0.717, 1.165) is 62.8 Å². The lowest BCUT2D eigenvalue weighted by Crippen LogP contribution is -2.59. The molecule has 18 heteroatoms. The summed E-state index contributed by atoms with van der Waals surface area (Å²) in [5.74, 6) is -3.00. The third kappa shape index (κ3) is 16.6. The number of amides is 4. The molecule has 1 fully saturated rings. The van der Waals surface area contributed by atoms with E-state index in [9.17, 15) is 36.8 Å². The predicted octanol–water partition coefficient (Wildman–Crippen LogP) is 8.03. The molecule has 2 aromatic carbocycles. The van der Waals surface area contributed by atoms with Crippen molar-refractivity contribution >= 4 is 56.6 Å².